The van der Waals surface area contributed by atoms with Crippen molar-refractivity contribution in [3.63, 3.8) is 0 Å². The van der Waals surface area contributed by atoms with E-state index in [0.29, 0.717) is 16.6 Å². The first-order chi connectivity index (χ1) is 13.0. The van der Waals surface area contributed by atoms with E-state index < -0.39 is 28.5 Å². The van der Waals surface area contributed by atoms with E-state index in [1.54, 1.807) is 38.3 Å². The third-order valence-electron chi connectivity index (χ3n) is 3.62. The predicted octanol–water partition coefficient (Wildman–Crippen LogP) is 3.07. The van der Waals surface area contributed by atoms with Gasteiger partial charge in [0.1, 0.15) is 23.1 Å². The molecule has 3 rings (SSSR count). The van der Waals surface area contributed by atoms with E-state index >= 15 is 0 Å². The Morgan fingerprint density at radius 3 is 2.48 bits per heavy atom. The Kier molecular flexibility index (Phi) is 5.65. The maximum absolute atomic E-state index is 13.7. The minimum Gasteiger partial charge on any atom is -0.497 e. The summed E-state index contributed by atoms with van der Waals surface area (Å²) in [6.07, 6.45) is 0. The fourth-order valence-electron chi connectivity index (χ4n) is 2.19. The third kappa shape index (κ3) is 4.22. The lowest BCUT2D eigenvalue weighted by molar-refractivity contribution is -0.115. The van der Waals surface area contributed by atoms with Gasteiger partial charge in [0.15, 0.2) is 0 Å². The van der Waals surface area contributed by atoms with Gasteiger partial charge < -0.3 is 10.1 Å². The van der Waals surface area contributed by atoms with E-state index in [1.165, 1.54) is 10.7 Å². The molecular formula is C17H15F2N5O2S. The average Bonchev–Trinajstić information content (AvgIpc) is 3.12. The quantitative estimate of drug-likeness (QED) is 0.651. The number of para-hydroxylation sites is 1. The van der Waals surface area contributed by atoms with Gasteiger partial charge in [0.25, 0.3) is 0 Å². The van der Waals surface area contributed by atoms with Gasteiger partial charge in [0.05, 0.1) is 18.0 Å². The van der Waals surface area contributed by atoms with Crippen molar-refractivity contribution in [3.8, 4) is 11.4 Å². The summed E-state index contributed by atoms with van der Waals surface area (Å²) in [6, 6.07) is 10.4. The number of ether oxygens (including phenoxy) is 1. The SMILES string of the molecule is COc1ccc(-n2nnnc2SC(C)C(=O)Nc2c(F)cccc2F)cc1. The molecule has 0 bridgehead atoms. The zero-order chi connectivity index (χ0) is 19.4. The van der Waals surface area contributed by atoms with Gasteiger partial charge in [-0.1, -0.05) is 17.8 Å². The maximum atomic E-state index is 13.7. The summed E-state index contributed by atoms with van der Waals surface area (Å²) in [5.41, 5.74) is 0.195. The summed E-state index contributed by atoms with van der Waals surface area (Å²) in [5.74, 6) is -1.58. The average molecular weight is 391 g/mol. The summed E-state index contributed by atoms with van der Waals surface area (Å²) in [7, 11) is 1.56. The Labute approximate surface area is 157 Å². The Morgan fingerprint density at radius 2 is 1.85 bits per heavy atom. The Hall–Kier alpha value is -3.01. The number of carbonyl (C=O) groups is 1. The topological polar surface area (TPSA) is 81.9 Å². The molecule has 2 aromatic carbocycles. The number of amides is 1. The number of methoxy groups -OCH3 is 1. The molecule has 0 aliphatic heterocycles. The van der Waals surface area contributed by atoms with Crippen LogP contribution in [0.5, 0.6) is 5.75 Å². The molecule has 10 heteroatoms. The second-order valence-corrected chi connectivity index (χ2v) is 6.73. The predicted molar refractivity (Wildman–Crippen MR) is 96.0 cm³/mol. The highest BCUT2D eigenvalue weighted by Crippen LogP contribution is 2.26. The van der Waals surface area contributed by atoms with Crippen LogP contribution in [0, 0.1) is 11.6 Å². The Balaban J connectivity index is 1.73. The van der Waals surface area contributed by atoms with Crippen molar-refractivity contribution in [2.24, 2.45) is 0 Å². The van der Waals surface area contributed by atoms with Gasteiger partial charge >= 0.3 is 0 Å². The minimum atomic E-state index is -0.844. The van der Waals surface area contributed by atoms with E-state index in [-0.39, 0.29) is 0 Å². The molecule has 1 amide bonds. The summed E-state index contributed by atoms with van der Waals surface area (Å²) in [4.78, 5) is 12.3. The van der Waals surface area contributed by atoms with Gasteiger partial charge in [-0.3, -0.25) is 4.79 Å². The second kappa shape index (κ2) is 8.12. The number of aromatic nitrogens is 4. The Bertz CT molecular complexity index is 929. The largest absolute Gasteiger partial charge is 0.497 e. The number of benzene rings is 2. The van der Waals surface area contributed by atoms with Crippen LogP contribution in [0.4, 0.5) is 14.5 Å². The first kappa shape index (κ1) is 18.8. The highest BCUT2D eigenvalue weighted by atomic mass is 32.2. The van der Waals surface area contributed by atoms with Crippen molar-refractivity contribution >= 4 is 23.4 Å². The van der Waals surface area contributed by atoms with Crippen LogP contribution in [0.3, 0.4) is 0 Å². The molecule has 3 aromatic rings. The molecule has 0 radical (unpaired) electrons. The zero-order valence-electron chi connectivity index (χ0n) is 14.4. The molecule has 0 saturated heterocycles. The number of nitrogens with zero attached hydrogens (tertiary/aromatic N) is 4. The first-order valence-corrected chi connectivity index (χ1v) is 8.72. The normalized spacial score (nSPS) is 11.9. The molecule has 1 unspecified atom stereocenters. The lowest BCUT2D eigenvalue weighted by Gasteiger charge is -2.12. The number of halogens is 2. The maximum Gasteiger partial charge on any atom is 0.237 e. The molecule has 0 aliphatic rings. The number of hydrogen-bond acceptors (Lipinski definition) is 6. The molecule has 1 aromatic heterocycles. The second-order valence-electron chi connectivity index (χ2n) is 5.42. The molecule has 1 heterocycles. The van der Waals surface area contributed by atoms with Crippen LogP contribution in [0.15, 0.2) is 47.6 Å². The van der Waals surface area contributed by atoms with Gasteiger partial charge in [0.2, 0.25) is 11.1 Å². The molecule has 140 valence electrons. The fraction of sp³-hybridized carbons (Fsp3) is 0.176. The molecule has 27 heavy (non-hydrogen) atoms. The van der Waals surface area contributed by atoms with Crippen LogP contribution >= 0.6 is 11.8 Å². The highest BCUT2D eigenvalue weighted by molar-refractivity contribution is 8.00. The van der Waals surface area contributed by atoms with Gasteiger partial charge in [-0.25, -0.2) is 8.78 Å². The third-order valence-corrected chi connectivity index (χ3v) is 4.65. The first-order valence-electron chi connectivity index (χ1n) is 7.84. The summed E-state index contributed by atoms with van der Waals surface area (Å²) < 4.78 is 33.9. The molecular weight excluding hydrogens is 376 g/mol. The van der Waals surface area contributed by atoms with Crippen LogP contribution in [0.1, 0.15) is 6.92 Å². The van der Waals surface area contributed by atoms with Crippen molar-refractivity contribution in [2.45, 2.75) is 17.3 Å². The van der Waals surface area contributed by atoms with Crippen LogP contribution in [0.2, 0.25) is 0 Å². The van der Waals surface area contributed by atoms with Crippen LogP contribution in [-0.4, -0.2) is 38.5 Å². The smallest absolute Gasteiger partial charge is 0.237 e. The van der Waals surface area contributed by atoms with Crippen molar-refractivity contribution in [2.75, 3.05) is 12.4 Å². The van der Waals surface area contributed by atoms with Crippen LogP contribution < -0.4 is 10.1 Å². The zero-order valence-corrected chi connectivity index (χ0v) is 15.2. The number of thioether (sulfide) groups is 1. The van der Waals surface area contributed by atoms with Crippen LogP contribution in [-0.2, 0) is 4.79 Å². The van der Waals surface area contributed by atoms with Crippen molar-refractivity contribution in [1.82, 2.24) is 20.2 Å². The van der Waals surface area contributed by atoms with Crippen molar-refractivity contribution < 1.29 is 18.3 Å². The summed E-state index contributed by atoms with van der Waals surface area (Å²) in [6.45, 7) is 1.59. The molecule has 0 aliphatic carbocycles. The number of carbonyl (C=O) groups excluding carboxylic acids is 1. The number of tetrazole rings is 1. The lowest BCUT2D eigenvalue weighted by Crippen LogP contribution is -2.24. The Morgan fingerprint density at radius 1 is 1.19 bits per heavy atom. The van der Waals surface area contributed by atoms with Gasteiger partial charge in [-0.15, -0.1) is 5.10 Å². The molecule has 0 fully saturated rings. The van der Waals surface area contributed by atoms with E-state index in [0.717, 1.165) is 23.9 Å². The lowest BCUT2D eigenvalue weighted by atomic mass is 10.3. The highest BCUT2D eigenvalue weighted by Gasteiger charge is 2.21. The molecule has 1 atom stereocenters. The number of rotatable bonds is 6. The molecule has 0 saturated carbocycles. The van der Waals surface area contributed by atoms with E-state index in [1.807, 2.05) is 0 Å². The number of anilines is 1. The van der Waals surface area contributed by atoms with Crippen molar-refractivity contribution in [1.29, 1.82) is 0 Å². The molecule has 0 spiro atoms. The monoisotopic (exact) mass is 391 g/mol. The number of hydrogen-bond donors (Lipinski definition) is 1. The van der Waals surface area contributed by atoms with Gasteiger partial charge in [-0.2, -0.15) is 4.68 Å². The van der Waals surface area contributed by atoms with Gasteiger partial charge in [0, 0.05) is 0 Å². The van der Waals surface area contributed by atoms with E-state index in [2.05, 4.69) is 20.8 Å². The van der Waals surface area contributed by atoms with Crippen molar-refractivity contribution in [3.05, 3.63) is 54.1 Å². The molecule has 1 N–H and O–H groups in total. The van der Waals surface area contributed by atoms with E-state index in [4.69, 9.17) is 4.74 Å². The standard InChI is InChI=1S/C17H15F2N5O2S/c1-10(16(25)20-15-13(18)4-3-5-14(15)19)27-17-21-22-23-24(17)11-6-8-12(26-2)9-7-11/h3-10H,1-2H3,(H,20,25). The molecule has 7 nitrogen and oxygen atoms in total. The summed E-state index contributed by atoms with van der Waals surface area (Å²) in [5, 5.41) is 13.4. The summed E-state index contributed by atoms with van der Waals surface area (Å²) >= 11 is 1.06. The van der Waals surface area contributed by atoms with E-state index in [9.17, 15) is 13.6 Å². The fourth-order valence-corrected chi connectivity index (χ4v) is 3.00. The van der Waals surface area contributed by atoms with Crippen LogP contribution in [0.25, 0.3) is 5.69 Å². The number of nitrogens with one attached hydrogen (secondary N) is 1. The minimum absolute atomic E-state index is 0.358. The van der Waals surface area contributed by atoms with Gasteiger partial charge in [-0.05, 0) is 53.7 Å².